The van der Waals surface area contributed by atoms with Crippen LogP contribution in [0.5, 0.6) is 0 Å². The van der Waals surface area contributed by atoms with Crippen molar-refractivity contribution in [3.05, 3.63) is 68.2 Å². The number of benzene rings is 1. The Kier molecular flexibility index (Phi) is 3.86. The van der Waals surface area contributed by atoms with E-state index in [0.717, 1.165) is 21.3 Å². The average molecular weight is 369 g/mol. The van der Waals surface area contributed by atoms with E-state index in [2.05, 4.69) is 15.1 Å². The predicted molar refractivity (Wildman–Crippen MR) is 103 cm³/mol. The van der Waals surface area contributed by atoms with Gasteiger partial charge in [-0.3, -0.25) is 4.79 Å². The van der Waals surface area contributed by atoms with E-state index in [1.165, 1.54) is 16.0 Å². The van der Waals surface area contributed by atoms with Gasteiger partial charge >= 0.3 is 0 Å². The third-order valence-electron chi connectivity index (χ3n) is 3.90. The van der Waals surface area contributed by atoms with Crippen LogP contribution in [-0.4, -0.2) is 20.9 Å². The molecular formula is C18H13ClN4OS. The molecule has 3 aromatic heterocycles. The highest BCUT2D eigenvalue weighted by atomic mass is 35.5. The van der Waals surface area contributed by atoms with Crippen molar-refractivity contribution in [2.75, 3.05) is 0 Å². The molecule has 0 bridgehead atoms. The Morgan fingerprint density at radius 1 is 1.20 bits per heavy atom. The van der Waals surface area contributed by atoms with E-state index < -0.39 is 0 Å². The van der Waals surface area contributed by atoms with E-state index in [9.17, 15) is 4.79 Å². The zero-order chi connectivity index (χ0) is 17.6. The first kappa shape index (κ1) is 15.9. The fraction of sp³-hybridized carbons (Fsp3) is 0.111. The van der Waals surface area contributed by atoms with Gasteiger partial charge in [-0.15, -0.1) is 11.3 Å². The average Bonchev–Trinajstić information content (AvgIpc) is 3.03. The minimum absolute atomic E-state index is 0.194. The Labute approximate surface area is 152 Å². The van der Waals surface area contributed by atoms with Gasteiger partial charge < -0.3 is 0 Å². The van der Waals surface area contributed by atoms with Crippen LogP contribution in [0.4, 0.5) is 0 Å². The lowest BCUT2D eigenvalue weighted by Gasteiger charge is -2.05. The summed E-state index contributed by atoms with van der Waals surface area (Å²) in [6, 6.07) is 9.65. The van der Waals surface area contributed by atoms with Crippen LogP contribution in [0.3, 0.4) is 0 Å². The second-order valence-electron chi connectivity index (χ2n) is 5.72. The van der Waals surface area contributed by atoms with Crippen molar-refractivity contribution in [2.45, 2.75) is 13.8 Å². The number of aromatic nitrogens is 3. The van der Waals surface area contributed by atoms with Crippen molar-refractivity contribution in [1.29, 1.82) is 0 Å². The Morgan fingerprint density at radius 3 is 2.88 bits per heavy atom. The zero-order valence-corrected chi connectivity index (χ0v) is 15.1. The van der Waals surface area contributed by atoms with Gasteiger partial charge in [-0.05, 0) is 43.0 Å². The van der Waals surface area contributed by atoms with E-state index in [1.54, 1.807) is 19.2 Å². The highest BCUT2D eigenvalue weighted by Crippen LogP contribution is 2.20. The SMILES string of the molecule is Cc1ccc2cc(/C=N\n3c(C)nc4sccc4c3=O)c(Cl)nc2c1. The van der Waals surface area contributed by atoms with Crippen LogP contribution < -0.4 is 5.56 Å². The fourth-order valence-electron chi connectivity index (χ4n) is 2.62. The minimum atomic E-state index is -0.194. The topological polar surface area (TPSA) is 60.1 Å². The number of hydrogen-bond acceptors (Lipinski definition) is 5. The lowest BCUT2D eigenvalue weighted by molar-refractivity contribution is 0.772. The maximum absolute atomic E-state index is 12.5. The van der Waals surface area contributed by atoms with E-state index in [4.69, 9.17) is 11.6 Å². The predicted octanol–water partition coefficient (Wildman–Crippen LogP) is 4.16. The van der Waals surface area contributed by atoms with Crippen molar-refractivity contribution >= 4 is 50.3 Å². The van der Waals surface area contributed by atoms with Gasteiger partial charge in [0.15, 0.2) is 0 Å². The molecule has 4 rings (SSSR count). The summed E-state index contributed by atoms with van der Waals surface area (Å²) in [6.07, 6.45) is 1.54. The normalized spacial score (nSPS) is 11.8. The number of thiophene rings is 1. The molecule has 3 heterocycles. The summed E-state index contributed by atoms with van der Waals surface area (Å²) in [5.74, 6) is 0.525. The van der Waals surface area contributed by atoms with Gasteiger partial charge in [0.25, 0.3) is 5.56 Å². The van der Waals surface area contributed by atoms with E-state index in [0.29, 0.717) is 21.9 Å². The summed E-state index contributed by atoms with van der Waals surface area (Å²) in [7, 11) is 0. The molecular weight excluding hydrogens is 356 g/mol. The molecule has 7 heteroatoms. The van der Waals surface area contributed by atoms with Gasteiger partial charge in [-0.1, -0.05) is 23.7 Å². The Morgan fingerprint density at radius 2 is 2.04 bits per heavy atom. The first-order valence-corrected chi connectivity index (χ1v) is 8.87. The molecule has 1 aromatic carbocycles. The van der Waals surface area contributed by atoms with E-state index in [-0.39, 0.29) is 5.56 Å². The summed E-state index contributed by atoms with van der Waals surface area (Å²) in [5.41, 5.74) is 2.40. The van der Waals surface area contributed by atoms with Crippen molar-refractivity contribution in [3.8, 4) is 0 Å². The van der Waals surface area contributed by atoms with Crippen molar-refractivity contribution in [2.24, 2.45) is 5.10 Å². The maximum atomic E-state index is 12.5. The largest absolute Gasteiger partial charge is 0.282 e. The molecule has 0 saturated heterocycles. The van der Waals surface area contributed by atoms with Crippen LogP contribution >= 0.6 is 22.9 Å². The fourth-order valence-corrected chi connectivity index (χ4v) is 3.62. The molecule has 25 heavy (non-hydrogen) atoms. The quantitative estimate of drug-likeness (QED) is 0.394. The summed E-state index contributed by atoms with van der Waals surface area (Å²) in [5, 5.41) is 8.00. The molecule has 5 nitrogen and oxygen atoms in total. The van der Waals surface area contributed by atoms with Crippen molar-refractivity contribution < 1.29 is 0 Å². The summed E-state index contributed by atoms with van der Waals surface area (Å²) in [6.45, 7) is 3.76. The second kappa shape index (κ2) is 6.06. The number of nitrogens with zero attached hydrogens (tertiary/aromatic N) is 4. The molecule has 0 unspecified atom stereocenters. The van der Waals surface area contributed by atoms with E-state index in [1.807, 2.05) is 36.6 Å². The third-order valence-corrected chi connectivity index (χ3v) is 5.01. The van der Waals surface area contributed by atoms with Crippen LogP contribution in [0.15, 0.2) is 45.6 Å². The second-order valence-corrected chi connectivity index (χ2v) is 6.98. The molecule has 124 valence electrons. The number of aryl methyl sites for hydroxylation is 2. The first-order chi connectivity index (χ1) is 12.0. The molecule has 0 fully saturated rings. The van der Waals surface area contributed by atoms with Gasteiger partial charge in [-0.2, -0.15) is 9.78 Å². The van der Waals surface area contributed by atoms with Crippen molar-refractivity contribution in [1.82, 2.24) is 14.6 Å². The van der Waals surface area contributed by atoms with Crippen molar-refractivity contribution in [3.63, 3.8) is 0 Å². The molecule has 0 saturated carbocycles. The van der Waals surface area contributed by atoms with Crippen LogP contribution in [0.2, 0.25) is 5.15 Å². The van der Waals surface area contributed by atoms with Crippen LogP contribution in [-0.2, 0) is 0 Å². The molecule has 0 aliphatic rings. The minimum Gasteiger partial charge on any atom is -0.267 e. The van der Waals surface area contributed by atoms with Gasteiger partial charge in [0, 0.05) is 10.9 Å². The number of fused-ring (bicyclic) bond motifs is 2. The number of pyridine rings is 1. The highest BCUT2D eigenvalue weighted by Gasteiger charge is 2.09. The summed E-state index contributed by atoms with van der Waals surface area (Å²) >= 11 is 7.71. The van der Waals surface area contributed by atoms with Gasteiger partial charge in [0.05, 0.1) is 17.1 Å². The molecule has 4 aromatic rings. The third kappa shape index (κ3) is 2.83. The molecule has 0 amide bonds. The standard InChI is InChI=1S/C18H13ClN4OS/c1-10-3-4-12-8-13(16(19)22-15(12)7-10)9-20-23-11(2)21-17-14(18(23)24)5-6-25-17/h3-9H,1-2H3/b20-9-. The van der Waals surface area contributed by atoms with E-state index >= 15 is 0 Å². The Hall–Kier alpha value is -2.57. The Bertz CT molecular complexity index is 1210. The number of hydrogen-bond donors (Lipinski definition) is 0. The van der Waals surface area contributed by atoms with Gasteiger partial charge in [0.2, 0.25) is 0 Å². The lowest BCUT2D eigenvalue weighted by Crippen LogP contribution is -2.19. The summed E-state index contributed by atoms with van der Waals surface area (Å²) in [4.78, 5) is 22.1. The number of halogens is 1. The van der Waals surface area contributed by atoms with Gasteiger partial charge in [-0.25, -0.2) is 9.97 Å². The molecule has 0 aliphatic heterocycles. The molecule has 0 aliphatic carbocycles. The molecule has 0 radical (unpaired) electrons. The molecule has 0 spiro atoms. The monoisotopic (exact) mass is 368 g/mol. The summed E-state index contributed by atoms with van der Waals surface area (Å²) < 4.78 is 1.28. The van der Waals surface area contributed by atoms with Gasteiger partial charge in [0.1, 0.15) is 15.8 Å². The van der Waals surface area contributed by atoms with Crippen LogP contribution in [0.25, 0.3) is 21.1 Å². The number of rotatable bonds is 2. The highest BCUT2D eigenvalue weighted by molar-refractivity contribution is 7.16. The first-order valence-electron chi connectivity index (χ1n) is 7.61. The Balaban J connectivity index is 1.82. The lowest BCUT2D eigenvalue weighted by atomic mass is 10.1. The zero-order valence-electron chi connectivity index (χ0n) is 13.5. The molecule has 0 atom stereocenters. The van der Waals surface area contributed by atoms with Crippen LogP contribution in [0, 0.1) is 13.8 Å². The van der Waals surface area contributed by atoms with Crippen LogP contribution in [0.1, 0.15) is 17.0 Å². The molecule has 0 N–H and O–H groups in total. The maximum Gasteiger partial charge on any atom is 0.282 e. The smallest absolute Gasteiger partial charge is 0.267 e.